The average Bonchev–Trinajstić information content (AvgIpc) is 2.33. The summed E-state index contributed by atoms with van der Waals surface area (Å²) in [5, 5.41) is 2.93. The Kier molecular flexibility index (Phi) is 3.76. The monoisotopic (exact) mass is 310 g/mol. The molecule has 3 N–H and O–H groups in total. The zero-order valence-corrected chi connectivity index (χ0v) is 11.3. The Hall–Kier alpha value is -1.69. The summed E-state index contributed by atoms with van der Waals surface area (Å²) in [6.07, 6.45) is 2.03. The van der Waals surface area contributed by atoms with Gasteiger partial charge in [-0.1, -0.05) is 22.9 Å². The number of halogens is 2. The van der Waals surface area contributed by atoms with E-state index in [0.717, 1.165) is 5.56 Å². The minimum atomic E-state index is -0.358. The molecule has 0 saturated heterocycles. The van der Waals surface area contributed by atoms with Crippen LogP contribution in [0.1, 0.15) is 12.5 Å². The number of nitrogens with two attached hydrogens (primary N) is 1. The number of hydrogen-bond acceptors (Lipinski definition) is 4. The van der Waals surface area contributed by atoms with Crippen LogP contribution < -0.4 is 11.1 Å². The van der Waals surface area contributed by atoms with Gasteiger partial charge in [0.25, 0.3) is 0 Å². The molecule has 1 aromatic heterocycles. The highest BCUT2D eigenvalue weighted by molar-refractivity contribution is 9.10. The van der Waals surface area contributed by atoms with Crippen molar-refractivity contribution in [2.45, 2.75) is 13.3 Å². The second kappa shape index (κ2) is 5.30. The van der Waals surface area contributed by atoms with Crippen molar-refractivity contribution in [3.8, 4) is 0 Å². The van der Waals surface area contributed by atoms with Crippen LogP contribution in [-0.4, -0.2) is 9.97 Å². The third-order valence-corrected chi connectivity index (χ3v) is 3.01. The van der Waals surface area contributed by atoms with Gasteiger partial charge in [-0.3, -0.25) is 0 Å². The van der Waals surface area contributed by atoms with Crippen molar-refractivity contribution in [2.75, 3.05) is 11.1 Å². The van der Waals surface area contributed by atoms with Crippen molar-refractivity contribution in [3.63, 3.8) is 0 Å². The average molecular weight is 311 g/mol. The Labute approximate surface area is 113 Å². The highest BCUT2D eigenvalue weighted by Crippen LogP contribution is 2.25. The van der Waals surface area contributed by atoms with Crippen LogP contribution in [0, 0.1) is 5.82 Å². The van der Waals surface area contributed by atoms with Gasteiger partial charge in [0.15, 0.2) is 0 Å². The van der Waals surface area contributed by atoms with Crippen LogP contribution in [0.2, 0.25) is 0 Å². The summed E-state index contributed by atoms with van der Waals surface area (Å²) >= 11 is 3.21. The van der Waals surface area contributed by atoms with Crippen LogP contribution in [0.15, 0.2) is 29.0 Å². The number of benzene rings is 1. The number of hydrogen-bond donors (Lipinski definition) is 2. The molecule has 0 amide bonds. The maximum atomic E-state index is 13.7. The van der Waals surface area contributed by atoms with Gasteiger partial charge in [-0.15, -0.1) is 0 Å². The summed E-state index contributed by atoms with van der Waals surface area (Å²) < 4.78 is 14.4. The van der Waals surface area contributed by atoms with E-state index in [-0.39, 0.29) is 5.82 Å². The molecule has 1 aromatic carbocycles. The minimum absolute atomic E-state index is 0.353. The first-order valence-electron chi connectivity index (χ1n) is 5.43. The van der Waals surface area contributed by atoms with Crippen molar-refractivity contribution in [3.05, 3.63) is 40.4 Å². The molecule has 0 bridgehead atoms. The number of rotatable bonds is 3. The SMILES string of the molecule is CCc1c(N)ncnc1Nc1ccc(Br)cc1F. The lowest BCUT2D eigenvalue weighted by Gasteiger charge is -2.11. The molecule has 0 unspecified atom stereocenters. The normalized spacial score (nSPS) is 10.4. The molecule has 0 aliphatic carbocycles. The summed E-state index contributed by atoms with van der Waals surface area (Å²) in [4.78, 5) is 8.00. The number of nitrogens with one attached hydrogen (secondary N) is 1. The van der Waals surface area contributed by atoms with Gasteiger partial charge >= 0.3 is 0 Å². The fourth-order valence-electron chi connectivity index (χ4n) is 1.60. The number of anilines is 3. The van der Waals surface area contributed by atoms with E-state index in [1.165, 1.54) is 12.4 Å². The second-order valence-electron chi connectivity index (χ2n) is 3.69. The third kappa shape index (κ3) is 2.59. The lowest BCUT2D eigenvalue weighted by atomic mass is 10.2. The van der Waals surface area contributed by atoms with E-state index in [1.807, 2.05) is 6.92 Å². The summed E-state index contributed by atoms with van der Waals surface area (Å²) in [5.74, 6) is 0.586. The van der Waals surface area contributed by atoms with E-state index >= 15 is 0 Å². The Bertz CT molecular complexity index is 574. The molecule has 0 saturated carbocycles. The third-order valence-electron chi connectivity index (χ3n) is 2.52. The zero-order valence-electron chi connectivity index (χ0n) is 9.74. The molecule has 0 fully saturated rings. The van der Waals surface area contributed by atoms with Crippen molar-refractivity contribution in [1.29, 1.82) is 0 Å². The number of aromatic nitrogens is 2. The molecule has 0 aliphatic rings. The highest BCUT2D eigenvalue weighted by atomic mass is 79.9. The summed E-state index contributed by atoms with van der Waals surface area (Å²) in [6, 6.07) is 4.78. The van der Waals surface area contributed by atoms with Crippen molar-refractivity contribution < 1.29 is 4.39 Å². The largest absolute Gasteiger partial charge is 0.383 e. The van der Waals surface area contributed by atoms with E-state index in [2.05, 4.69) is 31.2 Å². The van der Waals surface area contributed by atoms with E-state index in [4.69, 9.17) is 5.73 Å². The first-order chi connectivity index (χ1) is 8.61. The molecule has 94 valence electrons. The lowest BCUT2D eigenvalue weighted by molar-refractivity contribution is 0.631. The fourth-order valence-corrected chi connectivity index (χ4v) is 1.93. The van der Waals surface area contributed by atoms with Gasteiger partial charge in [0.1, 0.15) is 23.8 Å². The molecule has 6 heteroatoms. The smallest absolute Gasteiger partial charge is 0.147 e. The maximum Gasteiger partial charge on any atom is 0.147 e. The Morgan fingerprint density at radius 3 is 2.83 bits per heavy atom. The van der Waals surface area contributed by atoms with Gasteiger partial charge in [0.05, 0.1) is 5.69 Å². The van der Waals surface area contributed by atoms with Crippen molar-refractivity contribution >= 4 is 33.3 Å². The predicted molar refractivity (Wildman–Crippen MR) is 73.2 cm³/mol. The van der Waals surface area contributed by atoms with E-state index in [1.54, 1.807) is 12.1 Å². The van der Waals surface area contributed by atoms with Gasteiger partial charge in [-0.05, 0) is 24.6 Å². The first kappa shape index (κ1) is 12.8. The molecule has 2 aromatic rings. The molecule has 18 heavy (non-hydrogen) atoms. The van der Waals surface area contributed by atoms with Crippen LogP contribution in [0.4, 0.5) is 21.7 Å². The molecule has 0 radical (unpaired) electrons. The van der Waals surface area contributed by atoms with Gasteiger partial charge < -0.3 is 11.1 Å². The van der Waals surface area contributed by atoms with Crippen LogP contribution in [0.3, 0.4) is 0 Å². The summed E-state index contributed by atoms with van der Waals surface area (Å²) in [5.41, 5.74) is 6.89. The fraction of sp³-hybridized carbons (Fsp3) is 0.167. The first-order valence-corrected chi connectivity index (χ1v) is 6.22. The predicted octanol–water partition coefficient (Wildman–Crippen LogP) is 3.27. The van der Waals surface area contributed by atoms with Crippen LogP contribution >= 0.6 is 15.9 Å². The van der Waals surface area contributed by atoms with Crippen LogP contribution in [0.5, 0.6) is 0 Å². The molecule has 0 spiro atoms. The molecular formula is C12H12BrFN4. The Morgan fingerprint density at radius 2 is 2.17 bits per heavy atom. The summed E-state index contributed by atoms with van der Waals surface area (Å²) in [7, 11) is 0. The second-order valence-corrected chi connectivity index (χ2v) is 4.60. The van der Waals surface area contributed by atoms with E-state index < -0.39 is 0 Å². The lowest BCUT2D eigenvalue weighted by Crippen LogP contribution is -2.05. The quantitative estimate of drug-likeness (QED) is 0.913. The Morgan fingerprint density at radius 1 is 1.39 bits per heavy atom. The molecule has 4 nitrogen and oxygen atoms in total. The van der Waals surface area contributed by atoms with Crippen LogP contribution in [0.25, 0.3) is 0 Å². The van der Waals surface area contributed by atoms with Gasteiger partial charge in [-0.25, -0.2) is 14.4 Å². The van der Waals surface area contributed by atoms with Crippen molar-refractivity contribution in [2.24, 2.45) is 0 Å². The van der Waals surface area contributed by atoms with Gasteiger partial charge in [0.2, 0.25) is 0 Å². The van der Waals surface area contributed by atoms with E-state index in [9.17, 15) is 4.39 Å². The molecule has 1 heterocycles. The van der Waals surface area contributed by atoms with Gasteiger partial charge in [0, 0.05) is 10.0 Å². The number of nitrogens with zero attached hydrogens (tertiary/aromatic N) is 2. The zero-order chi connectivity index (χ0) is 13.1. The molecular weight excluding hydrogens is 299 g/mol. The molecule has 0 aliphatic heterocycles. The summed E-state index contributed by atoms with van der Waals surface area (Å²) in [6.45, 7) is 1.94. The molecule has 2 rings (SSSR count). The minimum Gasteiger partial charge on any atom is -0.383 e. The van der Waals surface area contributed by atoms with Crippen molar-refractivity contribution in [1.82, 2.24) is 9.97 Å². The standard InChI is InChI=1S/C12H12BrFN4/c1-2-8-11(15)16-6-17-12(8)18-10-4-3-7(13)5-9(10)14/h3-6H,2H2,1H3,(H3,15,16,17,18). The van der Waals surface area contributed by atoms with E-state index in [0.29, 0.717) is 28.2 Å². The number of nitrogen functional groups attached to an aromatic ring is 1. The van der Waals surface area contributed by atoms with Gasteiger partial charge in [-0.2, -0.15) is 0 Å². The van der Waals surface area contributed by atoms with Crippen LogP contribution in [-0.2, 0) is 6.42 Å². The highest BCUT2D eigenvalue weighted by Gasteiger charge is 2.09. The topological polar surface area (TPSA) is 63.8 Å². The molecule has 0 atom stereocenters. The Balaban J connectivity index is 2.37. The maximum absolute atomic E-state index is 13.7.